The van der Waals surface area contributed by atoms with Crippen molar-refractivity contribution >= 4 is 11.8 Å². The minimum Gasteiger partial charge on any atom is -0.312 e. The second-order valence-corrected chi connectivity index (χ2v) is 4.26. The molecule has 0 heterocycles. The summed E-state index contributed by atoms with van der Waals surface area (Å²) in [6.07, 6.45) is 2.19. The Morgan fingerprint density at radius 2 is 2.15 bits per heavy atom. The molecule has 0 rings (SSSR count). The molecule has 0 aliphatic carbocycles. The van der Waals surface area contributed by atoms with Crippen LogP contribution in [0.1, 0.15) is 33.6 Å². The molecule has 0 saturated carbocycles. The Morgan fingerprint density at radius 3 is 2.69 bits per heavy atom. The molecule has 1 unspecified atom stereocenters. The molecule has 0 aromatic carbocycles. The van der Waals surface area contributed by atoms with Crippen LogP contribution in [0.2, 0.25) is 0 Å². The van der Waals surface area contributed by atoms with E-state index in [0.717, 1.165) is 13.0 Å². The van der Waals surface area contributed by atoms with Crippen LogP contribution in [0.5, 0.6) is 0 Å². The topological polar surface area (TPSA) is 12.0 Å². The molecule has 0 aromatic rings. The maximum atomic E-state index is 3.52. The van der Waals surface area contributed by atoms with E-state index in [-0.39, 0.29) is 0 Å². The Labute approximate surface area is 87.1 Å². The molecule has 0 fully saturated rings. The molecular formula is C11H21NS. The molecule has 2 heteroatoms. The SMILES string of the molecule is CC#CCC(CSCC)NCCC. The number of nitrogens with one attached hydrogen (secondary N) is 1. The van der Waals surface area contributed by atoms with Crippen LogP contribution in [-0.4, -0.2) is 24.1 Å². The maximum Gasteiger partial charge on any atom is 0.0267 e. The summed E-state index contributed by atoms with van der Waals surface area (Å²) >= 11 is 1.99. The van der Waals surface area contributed by atoms with Gasteiger partial charge < -0.3 is 5.32 Å². The Hall–Kier alpha value is -0.130. The third-order valence-electron chi connectivity index (χ3n) is 1.73. The van der Waals surface area contributed by atoms with Crippen molar-refractivity contribution in [3.05, 3.63) is 0 Å². The predicted octanol–water partition coefficient (Wildman–Crippen LogP) is 2.52. The van der Waals surface area contributed by atoms with Gasteiger partial charge in [-0.05, 0) is 25.6 Å². The summed E-state index contributed by atoms with van der Waals surface area (Å²) in [5, 5.41) is 3.52. The van der Waals surface area contributed by atoms with Gasteiger partial charge in [-0.1, -0.05) is 13.8 Å². The van der Waals surface area contributed by atoms with Gasteiger partial charge in [-0.15, -0.1) is 11.8 Å². The van der Waals surface area contributed by atoms with Crippen molar-refractivity contribution in [3.63, 3.8) is 0 Å². The highest BCUT2D eigenvalue weighted by Gasteiger charge is 2.04. The van der Waals surface area contributed by atoms with E-state index in [1.165, 1.54) is 17.9 Å². The molecule has 13 heavy (non-hydrogen) atoms. The van der Waals surface area contributed by atoms with Gasteiger partial charge in [0.2, 0.25) is 0 Å². The molecule has 1 atom stereocenters. The molecule has 0 radical (unpaired) electrons. The van der Waals surface area contributed by atoms with Gasteiger partial charge >= 0.3 is 0 Å². The molecule has 0 bridgehead atoms. The summed E-state index contributed by atoms with van der Waals surface area (Å²) in [5.74, 6) is 8.48. The van der Waals surface area contributed by atoms with Crippen LogP contribution in [0.25, 0.3) is 0 Å². The lowest BCUT2D eigenvalue weighted by Gasteiger charge is -2.14. The first-order valence-corrected chi connectivity index (χ1v) is 6.21. The van der Waals surface area contributed by atoms with Gasteiger partial charge in [-0.3, -0.25) is 0 Å². The third kappa shape index (κ3) is 8.21. The second kappa shape index (κ2) is 9.95. The summed E-state index contributed by atoms with van der Waals surface area (Å²) in [5.41, 5.74) is 0. The van der Waals surface area contributed by atoms with Crippen molar-refractivity contribution in [1.82, 2.24) is 5.32 Å². The maximum absolute atomic E-state index is 3.52. The number of hydrogen-bond acceptors (Lipinski definition) is 2. The normalized spacial score (nSPS) is 11.9. The van der Waals surface area contributed by atoms with Crippen molar-refractivity contribution < 1.29 is 0 Å². The minimum atomic E-state index is 0.581. The van der Waals surface area contributed by atoms with Crippen LogP contribution in [-0.2, 0) is 0 Å². The molecule has 0 aliphatic rings. The van der Waals surface area contributed by atoms with Gasteiger partial charge in [0.1, 0.15) is 0 Å². The first kappa shape index (κ1) is 12.9. The van der Waals surface area contributed by atoms with E-state index in [4.69, 9.17) is 0 Å². The van der Waals surface area contributed by atoms with Gasteiger partial charge in [0, 0.05) is 18.2 Å². The van der Waals surface area contributed by atoms with Crippen LogP contribution in [0.15, 0.2) is 0 Å². The average molecular weight is 199 g/mol. The molecule has 0 saturated heterocycles. The quantitative estimate of drug-likeness (QED) is 0.632. The third-order valence-corrected chi connectivity index (χ3v) is 2.78. The van der Waals surface area contributed by atoms with Crippen LogP contribution in [0.3, 0.4) is 0 Å². The highest BCUT2D eigenvalue weighted by Crippen LogP contribution is 2.04. The monoisotopic (exact) mass is 199 g/mol. The zero-order valence-corrected chi connectivity index (χ0v) is 9.84. The Kier molecular flexibility index (Phi) is 9.85. The lowest BCUT2D eigenvalue weighted by molar-refractivity contribution is 0.563. The Balaban J connectivity index is 3.63. The van der Waals surface area contributed by atoms with Crippen molar-refractivity contribution in [2.75, 3.05) is 18.1 Å². The second-order valence-electron chi connectivity index (χ2n) is 2.94. The Bertz CT molecular complexity index is 149. The molecule has 76 valence electrons. The molecular weight excluding hydrogens is 178 g/mol. The van der Waals surface area contributed by atoms with Gasteiger partial charge in [0.15, 0.2) is 0 Å². The Morgan fingerprint density at radius 1 is 1.38 bits per heavy atom. The summed E-state index contributed by atoms with van der Waals surface area (Å²) in [6, 6.07) is 0.581. The lowest BCUT2D eigenvalue weighted by Crippen LogP contribution is -2.31. The van der Waals surface area contributed by atoms with Crippen molar-refractivity contribution in [2.24, 2.45) is 0 Å². The minimum absolute atomic E-state index is 0.581. The van der Waals surface area contributed by atoms with Gasteiger partial charge in [0.25, 0.3) is 0 Å². The first-order valence-electron chi connectivity index (χ1n) is 5.05. The highest BCUT2D eigenvalue weighted by molar-refractivity contribution is 7.99. The first-order chi connectivity index (χ1) is 6.35. The van der Waals surface area contributed by atoms with Gasteiger partial charge in [-0.25, -0.2) is 0 Å². The van der Waals surface area contributed by atoms with E-state index in [0.29, 0.717) is 6.04 Å². The van der Waals surface area contributed by atoms with Crippen molar-refractivity contribution in [3.8, 4) is 11.8 Å². The van der Waals surface area contributed by atoms with E-state index < -0.39 is 0 Å². The zero-order chi connectivity index (χ0) is 9.94. The van der Waals surface area contributed by atoms with Crippen LogP contribution < -0.4 is 5.32 Å². The van der Waals surface area contributed by atoms with Crippen LogP contribution >= 0.6 is 11.8 Å². The fourth-order valence-corrected chi connectivity index (χ4v) is 1.78. The van der Waals surface area contributed by atoms with Crippen molar-refractivity contribution in [2.45, 2.75) is 39.7 Å². The molecule has 0 amide bonds. The standard InChI is InChI=1S/C11H21NS/c1-4-7-8-11(10-13-6-3)12-9-5-2/h11-12H,5-6,8-10H2,1-3H3. The fourth-order valence-electron chi connectivity index (χ4n) is 1.02. The zero-order valence-electron chi connectivity index (χ0n) is 9.02. The molecule has 1 N–H and O–H groups in total. The largest absolute Gasteiger partial charge is 0.312 e. The highest BCUT2D eigenvalue weighted by atomic mass is 32.2. The number of thioether (sulfide) groups is 1. The fraction of sp³-hybridized carbons (Fsp3) is 0.818. The van der Waals surface area contributed by atoms with Gasteiger partial charge in [0.05, 0.1) is 0 Å². The number of hydrogen-bond donors (Lipinski definition) is 1. The van der Waals surface area contributed by atoms with E-state index in [2.05, 4.69) is 31.0 Å². The number of rotatable bonds is 7. The molecule has 1 nitrogen and oxygen atoms in total. The van der Waals surface area contributed by atoms with E-state index >= 15 is 0 Å². The summed E-state index contributed by atoms with van der Waals surface area (Å²) in [6.45, 7) is 7.42. The predicted molar refractivity (Wildman–Crippen MR) is 63.1 cm³/mol. The molecule has 0 aromatic heterocycles. The van der Waals surface area contributed by atoms with Crippen molar-refractivity contribution in [1.29, 1.82) is 0 Å². The average Bonchev–Trinajstić information content (AvgIpc) is 2.17. The molecule has 0 aliphatic heterocycles. The summed E-state index contributed by atoms with van der Waals surface area (Å²) in [7, 11) is 0. The molecule has 0 spiro atoms. The van der Waals surface area contributed by atoms with E-state index in [1.54, 1.807) is 0 Å². The van der Waals surface area contributed by atoms with E-state index in [9.17, 15) is 0 Å². The van der Waals surface area contributed by atoms with Crippen LogP contribution in [0.4, 0.5) is 0 Å². The van der Waals surface area contributed by atoms with E-state index in [1.807, 2.05) is 18.7 Å². The smallest absolute Gasteiger partial charge is 0.0267 e. The summed E-state index contributed by atoms with van der Waals surface area (Å²) in [4.78, 5) is 0. The van der Waals surface area contributed by atoms with Gasteiger partial charge in [-0.2, -0.15) is 11.8 Å². The lowest BCUT2D eigenvalue weighted by atomic mass is 10.2. The van der Waals surface area contributed by atoms with Crippen LogP contribution in [0, 0.1) is 11.8 Å². The summed E-state index contributed by atoms with van der Waals surface area (Å²) < 4.78 is 0.